The lowest BCUT2D eigenvalue weighted by Crippen LogP contribution is -2.56. The van der Waals surface area contributed by atoms with Crippen LogP contribution in [-0.4, -0.2) is 54.5 Å². The molecule has 2 aliphatic heterocycles. The second-order valence-corrected chi connectivity index (χ2v) is 11.4. The van der Waals surface area contributed by atoms with Crippen LogP contribution in [0.2, 0.25) is 0 Å². The number of nitrogens with zero attached hydrogens (tertiary/aromatic N) is 4. The molecule has 8 nitrogen and oxygen atoms in total. The minimum Gasteiger partial charge on any atom is -0.368 e. The number of piperazine rings is 1. The number of benzene rings is 3. The minimum absolute atomic E-state index is 0.0515. The second kappa shape index (κ2) is 12.6. The van der Waals surface area contributed by atoms with E-state index < -0.39 is 41.2 Å². The first-order valence-corrected chi connectivity index (χ1v) is 14.7. The van der Waals surface area contributed by atoms with Gasteiger partial charge in [-0.05, 0) is 80.9 Å². The van der Waals surface area contributed by atoms with Gasteiger partial charge in [0.05, 0.1) is 17.2 Å². The fourth-order valence-corrected chi connectivity index (χ4v) is 6.24. The highest BCUT2D eigenvalue weighted by molar-refractivity contribution is 6.15. The molecule has 0 aliphatic carbocycles. The van der Waals surface area contributed by atoms with Crippen molar-refractivity contribution in [2.75, 3.05) is 36.0 Å². The van der Waals surface area contributed by atoms with Crippen LogP contribution in [0.5, 0.6) is 0 Å². The fourth-order valence-electron chi connectivity index (χ4n) is 6.24. The van der Waals surface area contributed by atoms with Crippen LogP contribution in [0.25, 0.3) is 0 Å². The van der Waals surface area contributed by atoms with Gasteiger partial charge in [0, 0.05) is 60.3 Å². The molecule has 0 N–H and O–H groups in total. The normalized spacial score (nSPS) is 18.8. The third-order valence-electron chi connectivity index (χ3n) is 8.56. The molecule has 1 saturated heterocycles. The van der Waals surface area contributed by atoms with E-state index in [1.165, 1.54) is 45.0 Å². The predicted octanol–water partition coefficient (Wildman–Crippen LogP) is 5.74. The molecule has 0 radical (unpaired) electrons. The van der Waals surface area contributed by atoms with E-state index in [2.05, 4.69) is 4.90 Å². The number of anilines is 2. The number of carbonyl (C=O) groups is 4. The molecule has 2 unspecified atom stereocenters. The number of ketones is 2. The standard InChI is InChI=1S/C35H31F3N4O4/c1-21-30(23(3)44)31(26-9-7-24(20-39)8-10-26)32(34(46)42(21)29-6-4-5-27(19-29)35(36,37)38)33(45)41-17-15-40(16-18-41)28-13-11-25(12-14-28)22(2)43/h4-14,19,31-32H,15-18H2,1-3H3. The van der Waals surface area contributed by atoms with Crippen LogP contribution in [-0.2, 0) is 20.6 Å². The fraction of sp³-hybridized carbons (Fsp3) is 0.286. The minimum atomic E-state index is -4.68. The van der Waals surface area contributed by atoms with Crippen molar-refractivity contribution in [3.05, 3.63) is 106 Å². The number of hydrogen-bond acceptors (Lipinski definition) is 6. The molecular weight excluding hydrogens is 597 g/mol. The molecule has 2 atom stereocenters. The molecule has 236 valence electrons. The molecule has 3 aromatic rings. The van der Waals surface area contributed by atoms with Crippen LogP contribution in [0.1, 0.15) is 53.7 Å². The van der Waals surface area contributed by atoms with Crippen LogP contribution < -0.4 is 9.80 Å². The van der Waals surface area contributed by atoms with Crippen molar-refractivity contribution in [1.29, 1.82) is 5.26 Å². The maximum Gasteiger partial charge on any atom is 0.416 e. The first kappa shape index (κ1) is 32.2. The number of carbonyl (C=O) groups excluding carboxylic acids is 4. The molecule has 0 bridgehead atoms. The van der Waals surface area contributed by atoms with Gasteiger partial charge in [0.2, 0.25) is 11.8 Å². The van der Waals surface area contributed by atoms with Crippen LogP contribution in [0, 0.1) is 17.2 Å². The first-order valence-electron chi connectivity index (χ1n) is 14.7. The van der Waals surface area contributed by atoms with E-state index in [1.807, 2.05) is 18.2 Å². The molecule has 2 heterocycles. The summed E-state index contributed by atoms with van der Waals surface area (Å²) in [4.78, 5) is 58.3. The molecule has 1 fully saturated rings. The lowest BCUT2D eigenvalue weighted by atomic mass is 9.73. The second-order valence-electron chi connectivity index (χ2n) is 11.4. The SMILES string of the molecule is CC(=O)C1=C(C)N(c2cccc(C(F)(F)F)c2)C(=O)C(C(=O)N2CCN(c3ccc(C(C)=O)cc3)CC2)C1c1ccc(C#N)cc1. The third-order valence-corrected chi connectivity index (χ3v) is 8.56. The van der Waals surface area contributed by atoms with E-state index in [4.69, 9.17) is 0 Å². The highest BCUT2D eigenvalue weighted by Gasteiger charge is 2.49. The van der Waals surface area contributed by atoms with E-state index in [9.17, 15) is 37.6 Å². The van der Waals surface area contributed by atoms with E-state index in [0.29, 0.717) is 29.8 Å². The molecular formula is C35H31F3N4O4. The average Bonchev–Trinajstić information content (AvgIpc) is 3.04. The van der Waals surface area contributed by atoms with Gasteiger partial charge in [0.25, 0.3) is 0 Å². The van der Waals surface area contributed by atoms with Crippen molar-refractivity contribution in [3.8, 4) is 6.07 Å². The molecule has 11 heteroatoms. The monoisotopic (exact) mass is 628 g/mol. The zero-order valence-electron chi connectivity index (χ0n) is 25.5. The predicted molar refractivity (Wildman–Crippen MR) is 165 cm³/mol. The third kappa shape index (κ3) is 6.15. The van der Waals surface area contributed by atoms with Gasteiger partial charge in [0.1, 0.15) is 5.92 Å². The Morgan fingerprint density at radius 2 is 1.48 bits per heavy atom. The summed E-state index contributed by atoms with van der Waals surface area (Å²) in [5, 5.41) is 9.32. The molecule has 3 aromatic carbocycles. The van der Waals surface area contributed by atoms with Gasteiger partial charge in [-0.2, -0.15) is 18.4 Å². The zero-order valence-corrected chi connectivity index (χ0v) is 25.5. The Hall–Kier alpha value is -5.24. The molecule has 2 amide bonds. The van der Waals surface area contributed by atoms with Crippen molar-refractivity contribution in [2.24, 2.45) is 5.92 Å². The maximum atomic E-state index is 14.4. The van der Waals surface area contributed by atoms with Crippen LogP contribution in [0.4, 0.5) is 24.5 Å². The topological polar surface area (TPSA) is 102 Å². The van der Waals surface area contributed by atoms with E-state index in [1.54, 1.807) is 29.2 Å². The maximum absolute atomic E-state index is 14.4. The van der Waals surface area contributed by atoms with E-state index in [0.717, 1.165) is 22.7 Å². The number of allylic oxidation sites excluding steroid dienone is 2. The number of amides is 2. The summed E-state index contributed by atoms with van der Waals surface area (Å²) in [6.07, 6.45) is -4.68. The molecule has 0 spiro atoms. The smallest absolute Gasteiger partial charge is 0.368 e. The Balaban J connectivity index is 1.54. The lowest BCUT2D eigenvalue weighted by molar-refractivity contribution is -0.142. The van der Waals surface area contributed by atoms with Gasteiger partial charge in [-0.25, -0.2) is 0 Å². The van der Waals surface area contributed by atoms with Crippen molar-refractivity contribution in [3.63, 3.8) is 0 Å². The number of hydrogen-bond donors (Lipinski definition) is 0. The average molecular weight is 629 g/mol. The quantitative estimate of drug-likeness (QED) is 0.255. The van der Waals surface area contributed by atoms with Crippen LogP contribution in [0.15, 0.2) is 84.1 Å². The number of Topliss-reactive ketones (excluding diaryl/α,β-unsaturated/α-hetero) is 2. The van der Waals surface area contributed by atoms with Crippen LogP contribution >= 0.6 is 0 Å². The Morgan fingerprint density at radius 1 is 0.848 bits per heavy atom. The Labute approximate surface area is 264 Å². The summed E-state index contributed by atoms with van der Waals surface area (Å²) in [5.41, 5.74) is 1.44. The lowest BCUT2D eigenvalue weighted by Gasteiger charge is -2.43. The number of alkyl halides is 3. The Morgan fingerprint density at radius 3 is 2.02 bits per heavy atom. The van der Waals surface area contributed by atoms with E-state index in [-0.39, 0.29) is 35.8 Å². The van der Waals surface area contributed by atoms with Gasteiger partial charge in [-0.1, -0.05) is 18.2 Å². The van der Waals surface area contributed by atoms with Gasteiger partial charge in [0.15, 0.2) is 11.6 Å². The van der Waals surface area contributed by atoms with Crippen LogP contribution in [0.3, 0.4) is 0 Å². The largest absolute Gasteiger partial charge is 0.416 e. The number of rotatable bonds is 6. The van der Waals surface area contributed by atoms with Gasteiger partial charge < -0.3 is 9.80 Å². The van der Waals surface area contributed by atoms with Gasteiger partial charge in [-0.3, -0.25) is 24.1 Å². The number of halogens is 3. The first-order chi connectivity index (χ1) is 21.8. The summed E-state index contributed by atoms with van der Waals surface area (Å²) in [5.74, 6) is -4.26. The summed E-state index contributed by atoms with van der Waals surface area (Å²) in [6, 6.07) is 19.6. The summed E-state index contributed by atoms with van der Waals surface area (Å²) in [7, 11) is 0. The molecule has 0 aromatic heterocycles. The van der Waals surface area contributed by atoms with Crippen molar-refractivity contribution >= 4 is 34.8 Å². The van der Waals surface area contributed by atoms with Crippen molar-refractivity contribution in [1.82, 2.24) is 4.90 Å². The van der Waals surface area contributed by atoms with Crippen molar-refractivity contribution in [2.45, 2.75) is 32.9 Å². The number of nitriles is 1. The highest BCUT2D eigenvalue weighted by atomic mass is 19.4. The molecule has 2 aliphatic rings. The Bertz CT molecular complexity index is 1770. The van der Waals surface area contributed by atoms with E-state index >= 15 is 0 Å². The zero-order chi connectivity index (χ0) is 33.3. The van der Waals surface area contributed by atoms with Crippen molar-refractivity contribution < 1.29 is 32.3 Å². The molecule has 0 saturated carbocycles. The Kier molecular flexibility index (Phi) is 8.83. The van der Waals surface area contributed by atoms with Gasteiger partial charge in [-0.15, -0.1) is 0 Å². The summed E-state index contributed by atoms with van der Waals surface area (Å²) in [6.45, 7) is 5.63. The highest BCUT2D eigenvalue weighted by Crippen LogP contribution is 2.44. The summed E-state index contributed by atoms with van der Waals surface area (Å²) < 4.78 is 41.0. The summed E-state index contributed by atoms with van der Waals surface area (Å²) >= 11 is 0. The molecule has 46 heavy (non-hydrogen) atoms. The van der Waals surface area contributed by atoms with Gasteiger partial charge >= 0.3 is 6.18 Å². The molecule has 5 rings (SSSR count).